The second-order valence-electron chi connectivity index (χ2n) is 21.4. The van der Waals surface area contributed by atoms with Crippen molar-refractivity contribution in [2.45, 2.75) is 114 Å². The first-order chi connectivity index (χ1) is 34.3. The van der Waals surface area contributed by atoms with Crippen LogP contribution in [0.3, 0.4) is 0 Å². The number of H-pyrrole nitrogens is 1. The zero-order valence-electron chi connectivity index (χ0n) is 40.9. The van der Waals surface area contributed by atoms with Crippen LogP contribution < -0.4 is 10.2 Å². The lowest BCUT2D eigenvalue weighted by molar-refractivity contribution is -0.315. The van der Waals surface area contributed by atoms with Gasteiger partial charge in [0.1, 0.15) is 12.1 Å². The van der Waals surface area contributed by atoms with Crippen LogP contribution in [-0.4, -0.2) is 163 Å². The number of nitrogens with zero attached hydrogens (tertiary/aromatic N) is 8. The van der Waals surface area contributed by atoms with Crippen LogP contribution in [0.25, 0.3) is 16.5 Å². The zero-order chi connectivity index (χ0) is 49.1. The summed E-state index contributed by atoms with van der Waals surface area (Å²) >= 11 is 0. The predicted octanol–water partition coefficient (Wildman–Crippen LogP) is 4.08. The number of piperazine rings is 2. The van der Waals surface area contributed by atoms with E-state index in [-0.39, 0.29) is 41.5 Å². The van der Waals surface area contributed by atoms with Crippen molar-refractivity contribution in [1.82, 2.24) is 44.8 Å². The van der Waals surface area contributed by atoms with E-state index in [1.807, 2.05) is 55.6 Å². The number of likely N-dealkylation sites (N-methyl/N-ethyl adjacent to an activating group) is 1. The number of likely N-dealkylation sites (tertiary alicyclic amines) is 1. The lowest BCUT2D eigenvalue weighted by Crippen LogP contribution is -2.71. The van der Waals surface area contributed by atoms with Gasteiger partial charge in [0.15, 0.2) is 0 Å². The van der Waals surface area contributed by atoms with Crippen molar-refractivity contribution in [3.05, 3.63) is 96.0 Å². The van der Waals surface area contributed by atoms with Crippen LogP contribution in [0, 0.1) is 11.3 Å². The molecule has 2 aromatic heterocycles. The molecule has 1 spiro atoms. The number of hydrogen-bond donors (Lipinski definition) is 3. The molecule has 71 heavy (non-hydrogen) atoms. The van der Waals surface area contributed by atoms with E-state index in [2.05, 4.69) is 53.3 Å². The average Bonchev–Trinajstić information content (AvgIpc) is 4.19. The summed E-state index contributed by atoms with van der Waals surface area (Å²) < 4.78 is 6.23. The van der Waals surface area contributed by atoms with E-state index in [4.69, 9.17) is 4.74 Å². The number of hydrogen-bond acceptors (Lipinski definition) is 12. The number of carbonyl (C=O) groups excluding carboxylic acids is 5. The van der Waals surface area contributed by atoms with Crippen molar-refractivity contribution in [1.29, 1.82) is 0 Å². The number of carbonyl (C=O) groups is 5. The Labute approximate surface area is 414 Å². The van der Waals surface area contributed by atoms with Crippen molar-refractivity contribution in [3.8, 4) is 0 Å². The van der Waals surface area contributed by atoms with Gasteiger partial charge in [-0.1, -0.05) is 61.4 Å². The molecule has 5 saturated heterocycles. The summed E-state index contributed by atoms with van der Waals surface area (Å²) in [6, 6.07) is 16.0. The zero-order valence-corrected chi connectivity index (χ0v) is 40.9. The second kappa shape index (κ2) is 18.9. The molecule has 3 N–H and O–H groups in total. The molecule has 374 valence electrons. The molecule has 17 heteroatoms. The first kappa shape index (κ1) is 47.3. The van der Waals surface area contributed by atoms with Gasteiger partial charge in [-0.3, -0.25) is 48.3 Å². The molecule has 1 saturated carbocycles. The fourth-order valence-corrected chi connectivity index (χ4v) is 13.1. The lowest BCUT2D eigenvalue weighted by atomic mass is 9.76. The molecule has 2 aliphatic carbocycles. The number of ether oxygens (including phenoxy) is 1. The van der Waals surface area contributed by atoms with Gasteiger partial charge in [0, 0.05) is 101 Å². The monoisotopic (exact) mass is 967 g/mol. The number of aromatic nitrogens is 3. The van der Waals surface area contributed by atoms with Crippen LogP contribution in [0.15, 0.2) is 79.3 Å². The lowest BCUT2D eigenvalue weighted by Gasteiger charge is -2.48. The Kier molecular flexibility index (Phi) is 12.6. The fraction of sp³-hybridized carbons (Fsp3) is 0.537. The highest BCUT2D eigenvalue weighted by Crippen LogP contribution is 2.48. The quantitative estimate of drug-likeness (QED) is 0.153. The Morgan fingerprint density at radius 1 is 0.887 bits per heavy atom. The minimum Gasteiger partial charge on any atom is -0.361 e. The SMILES string of the molecule is CN1C[C@H](C(=O)N[C@]2(C)O[C@@]3(O)[C@@H]4CCCN4C(=O)[C@H](Cc4ccccc4)N3C2=O)C=C2c3cccc4[nH]cc(c34)C[C@H]21.O=C1CC2(CCCC2)CC(=O)N1CCCCN1CCN(c2ncccn2)CC1. The van der Waals surface area contributed by atoms with Crippen molar-refractivity contribution in [2.24, 2.45) is 11.3 Å². The van der Waals surface area contributed by atoms with E-state index >= 15 is 0 Å². The molecule has 6 aliphatic heterocycles. The van der Waals surface area contributed by atoms with Gasteiger partial charge in [0.2, 0.25) is 35.3 Å². The molecule has 8 heterocycles. The number of aromatic amines is 1. The number of aliphatic hydroxyl groups is 1. The number of piperidine rings is 1. The Bertz CT molecular complexity index is 2700. The number of unbranched alkanes of at least 4 members (excludes halogenated alkanes) is 1. The third-order valence-electron chi connectivity index (χ3n) is 16.8. The van der Waals surface area contributed by atoms with E-state index in [1.54, 1.807) is 17.3 Å². The van der Waals surface area contributed by atoms with E-state index in [1.165, 1.54) is 40.5 Å². The number of nitrogens with one attached hydrogen (secondary N) is 2. The summed E-state index contributed by atoms with van der Waals surface area (Å²) in [4.78, 5) is 90.1. The molecule has 0 unspecified atom stereocenters. The van der Waals surface area contributed by atoms with Gasteiger partial charge in [-0.15, -0.1) is 0 Å². The summed E-state index contributed by atoms with van der Waals surface area (Å²) in [6.45, 7) is 7.94. The maximum atomic E-state index is 14.2. The molecule has 12 rings (SSSR count). The van der Waals surface area contributed by atoms with Crippen molar-refractivity contribution in [2.75, 3.05) is 64.3 Å². The topological polar surface area (TPSA) is 188 Å². The maximum absolute atomic E-state index is 14.2. The molecule has 5 amide bonds. The first-order valence-electron chi connectivity index (χ1n) is 25.8. The van der Waals surface area contributed by atoms with Gasteiger partial charge < -0.3 is 25.2 Å². The van der Waals surface area contributed by atoms with Crippen molar-refractivity contribution < 1.29 is 33.8 Å². The number of amides is 5. The number of benzene rings is 2. The third-order valence-corrected chi connectivity index (χ3v) is 16.8. The van der Waals surface area contributed by atoms with Gasteiger partial charge in [0.05, 0.1) is 5.92 Å². The van der Waals surface area contributed by atoms with Gasteiger partial charge in [-0.05, 0) is 105 Å². The van der Waals surface area contributed by atoms with E-state index in [0.29, 0.717) is 45.3 Å². The minimum absolute atomic E-state index is 0.00676. The maximum Gasteiger partial charge on any atom is 0.280 e. The highest BCUT2D eigenvalue weighted by Gasteiger charge is 2.70. The Morgan fingerprint density at radius 3 is 2.37 bits per heavy atom. The van der Waals surface area contributed by atoms with Crippen molar-refractivity contribution >= 4 is 52.0 Å². The van der Waals surface area contributed by atoms with Crippen LogP contribution in [0.4, 0.5) is 5.95 Å². The highest BCUT2D eigenvalue weighted by molar-refractivity contribution is 6.01. The van der Waals surface area contributed by atoms with Crippen molar-refractivity contribution in [3.63, 3.8) is 0 Å². The molecule has 8 aliphatic rings. The van der Waals surface area contributed by atoms with Gasteiger partial charge in [0.25, 0.3) is 11.8 Å². The number of anilines is 1. The summed E-state index contributed by atoms with van der Waals surface area (Å²) in [7, 11) is 2.02. The molecule has 17 nitrogen and oxygen atoms in total. The predicted molar refractivity (Wildman–Crippen MR) is 265 cm³/mol. The van der Waals surface area contributed by atoms with Crippen LogP contribution in [-0.2, 0) is 41.6 Å². The molecule has 6 atom stereocenters. The number of rotatable bonds is 10. The van der Waals surface area contributed by atoms with Crippen LogP contribution in [0.1, 0.15) is 87.8 Å². The Morgan fingerprint density at radius 2 is 1.62 bits per heavy atom. The second-order valence-corrected chi connectivity index (χ2v) is 21.4. The Balaban J connectivity index is 0.000000169. The fourth-order valence-electron chi connectivity index (χ4n) is 13.1. The van der Waals surface area contributed by atoms with E-state index in [9.17, 15) is 29.1 Å². The highest BCUT2D eigenvalue weighted by atomic mass is 16.7. The van der Waals surface area contributed by atoms with Crippen LogP contribution in [0.2, 0.25) is 0 Å². The standard InChI is InChI=1S/C33H35N5O5.C21H31N5O2/c1-32(35-29(39)21-15-23-22-10-6-11-24-28(22)20(17-34-24)16-25(23)36(2)18-21)31(41)38-26(14-19-8-4-3-5-9-19)30(40)37-13-7-12-27(37)33(38,42)43-32;27-18-16-21(6-1-2-7-21)17-19(28)26(18)11-4-3-10-24-12-14-25(15-13-24)20-22-8-5-9-23-20/h3-6,8-11,15,17,21,25-27,34,42H,7,12-14,16,18H2,1-2H3,(H,35,39);5,8-9H,1-4,6-7,10-17H2/t21-,25-,26+,27+,32-,33+;/m1./s1. The largest absolute Gasteiger partial charge is 0.361 e. The molecule has 4 aromatic rings. The van der Waals surface area contributed by atoms with Gasteiger partial charge in [-0.25, -0.2) is 9.97 Å². The average molecular weight is 967 g/mol. The molecule has 2 aromatic carbocycles. The number of imide groups is 1. The number of fused-ring (bicyclic) bond motifs is 5. The van der Waals surface area contributed by atoms with Crippen LogP contribution in [0.5, 0.6) is 0 Å². The summed E-state index contributed by atoms with van der Waals surface area (Å²) in [5.41, 5.74) is 3.59. The van der Waals surface area contributed by atoms with E-state index in [0.717, 1.165) is 93.0 Å². The van der Waals surface area contributed by atoms with Gasteiger partial charge in [-0.2, -0.15) is 0 Å². The van der Waals surface area contributed by atoms with Crippen LogP contribution >= 0.6 is 0 Å². The molecular formula is C54H66N10O7. The summed E-state index contributed by atoms with van der Waals surface area (Å²) in [5.74, 6) is -2.83. The third kappa shape index (κ3) is 8.71. The Hall–Kier alpha value is -6.01. The smallest absolute Gasteiger partial charge is 0.280 e. The normalized spacial score (nSPS) is 29.3. The van der Waals surface area contributed by atoms with E-state index < -0.39 is 35.5 Å². The summed E-state index contributed by atoms with van der Waals surface area (Å²) in [6.07, 6.45) is 17.5. The summed E-state index contributed by atoms with van der Waals surface area (Å²) in [5, 5.41) is 16.1. The molecule has 0 bridgehead atoms. The van der Waals surface area contributed by atoms with Gasteiger partial charge >= 0.3 is 0 Å². The molecule has 6 fully saturated rings. The molecule has 0 radical (unpaired) electrons. The molecular weight excluding hydrogens is 901 g/mol. The minimum atomic E-state index is -2.04. The first-order valence-corrected chi connectivity index (χ1v) is 25.8.